The summed E-state index contributed by atoms with van der Waals surface area (Å²) in [6.45, 7) is 0.490. The lowest BCUT2D eigenvalue weighted by Gasteiger charge is -2.06. The molecule has 0 atom stereocenters. The fraction of sp³-hybridized carbons (Fsp3) is 0.0714. The Morgan fingerprint density at radius 1 is 1.17 bits per heavy atom. The summed E-state index contributed by atoms with van der Waals surface area (Å²) in [5.41, 5.74) is 1.87. The van der Waals surface area contributed by atoms with Gasteiger partial charge in [0.05, 0.1) is 5.56 Å². The number of anilines is 1. The molecule has 2 rings (SSSR count). The standard InChI is InChI=1S/C14H12FNO2/c15-12-3-1-2-10(8-12)9-16-13-6-4-11(5-7-13)14(17)18/h1-8,16H,9H2,(H,17,18). The molecule has 0 aliphatic rings. The van der Waals surface area contributed by atoms with Crippen LogP contribution in [0.25, 0.3) is 0 Å². The molecule has 2 aromatic carbocycles. The highest BCUT2D eigenvalue weighted by atomic mass is 19.1. The Bertz CT molecular complexity index is 552. The zero-order valence-electron chi connectivity index (χ0n) is 9.56. The third-order valence-electron chi connectivity index (χ3n) is 2.52. The van der Waals surface area contributed by atoms with E-state index in [-0.39, 0.29) is 11.4 Å². The van der Waals surface area contributed by atoms with Crippen LogP contribution in [0.1, 0.15) is 15.9 Å². The van der Waals surface area contributed by atoms with Crippen molar-refractivity contribution in [3.8, 4) is 0 Å². The second-order valence-corrected chi connectivity index (χ2v) is 3.87. The first-order valence-electron chi connectivity index (χ1n) is 5.47. The second-order valence-electron chi connectivity index (χ2n) is 3.87. The summed E-state index contributed by atoms with van der Waals surface area (Å²) in [6.07, 6.45) is 0. The van der Waals surface area contributed by atoms with Gasteiger partial charge in [0.15, 0.2) is 0 Å². The number of carboxylic acid groups (broad SMARTS) is 1. The van der Waals surface area contributed by atoms with E-state index >= 15 is 0 Å². The van der Waals surface area contributed by atoms with Gasteiger partial charge in [-0.1, -0.05) is 12.1 Å². The van der Waals surface area contributed by atoms with Gasteiger partial charge in [0.1, 0.15) is 5.82 Å². The highest BCUT2D eigenvalue weighted by Crippen LogP contribution is 2.12. The van der Waals surface area contributed by atoms with Crippen LogP contribution >= 0.6 is 0 Å². The molecule has 0 aliphatic heterocycles. The number of rotatable bonds is 4. The first kappa shape index (κ1) is 12.1. The molecule has 0 radical (unpaired) electrons. The lowest BCUT2D eigenvalue weighted by Crippen LogP contribution is -2.01. The van der Waals surface area contributed by atoms with Crippen LogP contribution in [0.5, 0.6) is 0 Å². The largest absolute Gasteiger partial charge is 0.478 e. The molecule has 0 fully saturated rings. The average Bonchev–Trinajstić information content (AvgIpc) is 2.37. The van der Waals surface area contributed by atoms with Gasteiger partial charge in [-0.05, 0) is 42.0 Å². The minimum atomic E-state index is -0.952. The summed E-state index contributed by atoms with van der Waals surface area (Å²) in [6, 6.07) is 12.7. The Morgan fingerprint density at radius 3 is 2.50 bits per heavy atom. The van der Waals surface area contributed by atoms with Gasteiger partial charge in [-0.2, -0.15) is 0 Å². The van der Waals surface area contributed by atoms with E-state index in [4.69, 9.17) is 5.11 Å². The zero-order chi connectivity index (χ0) is 13.0. The topological polar surface area (TPSA) is 49.3 Å². The molecule has 4 heteroatoms. The van der Waals surface area contributed by atoms with E-state index in [1.807, 2.05) is 6.07 Å². The lowest BCUT2D eigenvalue weighted by molar-refractivity contribution is 0.0697. The molecular weight excluding hydrogens is 233 g/mol. The molecule has 2 aromatic rings. The normalized spacial score (nSPS) is 10.1. The molecule has 0 spiro atoms. The maximum absolute atomic E-state index is 12.9. The zero-order valence-corrected chi connectivity index (χ0v) is 9.56. The smallest absolute Gasteiger partial charge is 0.335 e. The van der Waals surface area contributed by atoms with Crippen LogP contribution in [0, 0.1) is 5.82 Å². The van der Waals surface area contributed by atoms with Gasteiger partial charge in [-0.25, -0.2) is 9.18 Å². The molecule has 0 unspecified atom stereocenters. The molecular formula is C14H12FNO2. The number of benzene rings is 2. The van der Waals surface area contributed by atoms with Gasteiger partial charge in [0.2, 0.25) is 0 Å². The first-order valence-corrected chi connectivity index (χ1v) is 5.47. The minimum Gasteiger partial charge on any atom is -0.478 e. The summed E-state index contributed by atoms with van der Waals surface area (Å²) in [5, 5.41) is 11.8. The quantitative estimate of drug-likeness (QED) is 0.870. The molecule has 0 amide bonds. The highest BCUT2D eigenvalue weighted by molar-refractivity contribution is 5.87. The van der Waals surface area contributed by atoms with Crippen molar-refractivity contribution in [3.05, 3.63) is 65.5 Å². The Morgan fingerprint density at radius 2 is 1.89 bits per heavy atom. The monoisotopic (exact) mass is 245 g/mol. The number of aromatic carboxylic acids is 1. The summed E-state index contributed by atoms with van der Waals surface area (Å²) < 4.78 is 12.9. The third-order valence-corrected chi connectivity index (χ3v) is 2.52. The number of carbonyl (C=O) groups is 1. The maximum Gasteiger partial charge on any atom is 0.335 e. The molecule has 0 heterocycles. The van der Waals surface area contributed by atoms with Crippen LogP contribution in [-0.2, 0) is 6.54 Å². The van der Waals surface area contributed by atoms with E-state index in [9.17, 15) is 9.18 Å². The minimum absolute atomic E-state index is 0.242. The number of nitrogens with one attached hydrogen (secondary N) is 1. The van der Waals surface area contributed by atoms with Crippen molar-refractivity contribution in [1.29, 1.82) is 0 Å². The number of halogens is 1. The van der Waals surface area contributed by atoms with Crippen molar-refractivity contribution in [2.75, 3.05) is 5.32 Å². The van der Waals surface area contributed by atoms with Crippen molar-refractivity contribution in [3.63, 3.8) is 0 Å². The van der Waals surface area contributed by atoms with E-state index < -0.39 is 5.97 Å². The van der Waals surface area contributed by atoms with Crippen molar-refractivity contribution in [2.45, 2.75) is 6.54 Å². The van der Waals surface area contributed by atoms with Crippen LogP contribution in [0.2, 0.25) is 0 Å². The average molecular weight is 245 g/mol. The number of hydrogen-bond donors (Lipinski definition) is 2. The van der Waals surface area contributed by atoms with Gasteiger partial charge in [-0.15, -0.1) is 0 Å². The third kappa shape index (κ3) is 3.07. The summed E-state index contributed by atoms with van der Waals surface area (Å²) in [5.74, 6) is -1.22. The van der Waals surface area contributed by atoms with Crippen LogP contribution in [0.3, 0.4) is 0 Å². The molecule has 0 bridgehead atoms. The van der Waals surface area contributed by atoms with Crippen molar-refractivity contribution in [1.82, 2.24) is 0 Å². The SMILES string of the molecule is O=C(O)c1ccc(NCc2cccc(F)c2)cc1. The Hall–Kier alpha value is -2.36. The molecule has 3 nitrogen and oxygen atoms in total. The van der Waals surface area contributed by atoms with E-state index in [2.05, 4.69) is 5.32 Å². The second kappa shape index (κ2) is 5.31. The maximum atomic E-state index is 12.9. The molecule has 92 valence electrons. The van der Waals surface area contributed by atoms with Crippen LogP contribution in [0.4, 0.5) is 10.1 Å². The van der Waals surface area contributed by atoms with Gasteiger partial charge in [0, 0.05) is 12.2 Å². The predicted octanol–water partition coefficient (Wildman–Crippen LogP) is 3.14. The molecule has 18 heavy (non-hydrogen) atoms. The fourth-order valence-corrected chi connectivity index (χ4v) is 1.58. The van der Waals surface area contributed by atoms with E-state index in [0.29, 0.717) is 6.54 Å². The Kier molecular flexibility index (Phi) is 3.57. The highest BCUT2D eigenvalue weighted by Gasteiger charge is 2.01. The Labute approximate surface area is 104 Å². The van der Waals surface area contributed by atoms with Crippen molar-refractivity contribution < 1.29 is 14.3 Å². The van der Waals surface area contributed by atoms with Gasteiger partial charge < -0.3 is 10.4 Å². The molecule has 0 aliphatic carbocycles. The van der Waals surface area contributed by atoms with Crippen molar-refractivity contribution in [2.24, 2.45) is 0 Å². The fourth-order valence-electron chi connectivity index (χ4n) is 1.58. The van der Waals surface area contributed by atoms with E-state index in [1.165, 1.54) is 24.3 Å². The van der Waals surface area contributed by atoms with Crippen LogP contribution in [0.15, 0.2) is 48.5 Å². The van der Waals surface area contributed by atoms with Gasteiger partial charge >= 0.3 is 5.97 Å². The number of carboxylic acids is 1. The lowest BCUT2D eigenvalue weighted by atomic mass is 10.2. The molecule has 0 aromatic heterocycles. The van der Waals surface area contributed by atoms with Gasteiger partial charge in [0.25, 0.3) is 0 Å². The summed E-state index contributed by atoms with van der Waals surface area (Å²) >= 11 is 0. The molecule has 0 saturated heterocycles. The van der Waals surface area contributed by atoms with E-state index in [1.54, 1.807) is 18.2 Å². The van der Waals surface area contributed by atoms with Crippen LogP contribution in [-0.4, -0.2) is 11.1 Å². The summed E-state index contributed by atoms with van der Waals surface area (Å²) in [7, 11) is 0. The van der Waals surface area contributed by atoms with Crippen LogP contribution < -0.4 is 5.32 Å². The summed E-state index contributed by atoms with van der Waals surface area (Å²) in [4.78, 5) is 10.7. The van der Waals surface area contributed by atoms with E-state index in [0.717, 1.165) is 11.3 Å². The van der Waals surface area contributed by atoms with Gasteiger partial charge in [-0.3, -0.25) is 0 Å². The van der Waals surface area contributed by atoms with Crippen molar-refractivity contribution >= 4 is 11.7 Å². The first-order chi connectivity index (χ1) is 8.65. The Balaban J connectivity index is 2.00. The molecule has 0 saturated carbocycles. The number of hydrogen-bond acceptors (Lipinski definition) is 2. The predicted molar refractivity (Wildman–Crippen MR) is 67.1 cm³/mol. The molecule has 2 N–H and O–H groups in total.